The lowest BCUT2D eigenvalue weighted by Crippen LogP contribution is -2.60. The number of nitrogens with zero attached hydrogens (tertiary/aromatic N) is 1. The fraction of sp³-hybridized carbons (Fsp3) is 0.737. The molecule has 4 nitrogen and oxygen atoms in total. The maximum Gasteiger partial charge on any atom is 0.226 e. The fourth-order valence-electron chi connectivity index (χ4n) is 6.57. The Morgan fingerprint density at radius 1 is 1.13 bits per heavy atom. The van der Waals surface area contributed by atoms with E-state index in [1.54, 1.807) is 0 Å². The molecule has 5 aliphatic rings. The van der Waals surface area contributed by atoms with Crippen LogP contribution < -0.4 is 0 Å². The van der Waals surface area contributed by atoms with Gasteiger partial charge in [-0.15, -0.1) is 0 Å². The van der Waals surface area contributed by atoms with Gasteiger partial charge in [-0.05, 0) is 31.6 Å². The molecule has 3 aliphatic carbocycles. The minimum absolute atomic E-state index is 0.0288. The third kappa shape index (κ3) is 1.42. The molecule has 1 saturated carbocycles. The molecule has 2 bridgehead atoms. The van der Waals surface area contributed by atoms with Crippen LogP contribution in [-0.4, -0.2) is 35.0 Å². The van der Waals surface area contributed by atoms with Gasteiger partial charge in [0, 0.05) is 41.8 Å². The van der Waals surface area contributed by atoms with Gasteiger partial charge < -0.3 is 4.90 Å². The van der Waals surface area contributed by atoms with Crippen molar-refractivity contribution in [3.05, 3.63) is 11.1 Å². The predicted molar refractivity (Wildman–Crippen MR) is 83.4 cm³/mol. The molecule has 0 aromatic carbocycles. The second-order valence-corrected chi connectivity index (χ2v) is 8.56. The summed E-state index contributed by atoms with van der Waals surface area (Å²) in [6, 6.07) is 0.157. The minimum atomic E-state index is -0.359. The molecule has 2 saturated heterocycles. The lowest BCUT2D eigenvalue weighted by atomic mass is 9.53. The maximum atomic E-state index is 13.4. The Hall–Kier alpha value is -1.45. The Labute approximate surface area is 136 Å². The number of carbonyl (C=O) groups excluding carboxylic acids is 3. The Morgan fingerprint density at radius 3 is 2.70 bits per heavy atom. The van der Waals surface area contributed by atoms with Gasteiger partial charge in [-0.25, -0.2) is 0 Å². The molecule has 5 rings (SSSR count). The van der Waals surface area contributed by atoms with Crippen LogP contribution in [0.25, 0.3) is 0 Å². The van der Waals surface area contributed by atoms with Crippen LogP contribution in [0.5, 0.6) is 0 Å². The van der Waals surface area contributed by atoms with E-state index in [0.717, 1.165) is 37.8 Å². The Morgan fingerprint density at radius 2 is 1.91 bits per heavy atom. The number of allylic oxidation sites excluding steroid dienone is 2. The number of hydrogen-bond acceptors (Lipinski definition) is 3. The number of hydrogen-bond donors (Lipinski definition) is 0. The molecule has 0 N–H and O–H groups in total. The van der Waals surface area contributed by atoms with E-state index in [-0.39, 0.29) is 52.6 Å². The number of ketones is 2. The highest BCUT2D eigenvalue weighted by Gasteiger charge is 2.68. The summed E-state index contributed by atoms with van der Waals surface area (Å²) in [6.07, 6.45) is 3.84. The van der Waals surface area contributed by atoms with E-state index < -0.39 is 0 Å². The SMILES string of the molecule is C[C@@H]1CN2C(=O)[C@H]3CCC4=C(C(=O)CC4)[C@H]4C(=O)C1CC2[C@]43C. The summed E-state index contributed by atoms with van der Waals surface area (Å²) in [4.78, 5) is 41.1. The van der Waals surface area contributed by atoms with Gasteiger partial charge in [0.05, 0.1) is 5.92 Å². The topological polar surface area (TPSA) is 54.5 Å². The van der Waals surface area contributed by atoms with E-state index in [4.69, 9.17) is 0 Å². The van der Waals surface area contributed by atoms with E-state index in [9.17, 15) is 14.4 Å². The van der Waals surface area contributed by atoms with Crippen LogP contribution in [0.15, 0.2) is 11.1 Å². The molecule has 2 aliphatic heterocycles. The highest BCUT2D eigenvalue weighted by molar-refractivity contribution is 6.07. The van der Waals surface area contributed by atoms with E-state index in [1.807, 2.05) is 0 Å². The number of carbonyl (C=O) groups is 3. The van der Waals surface area contributed by atoms with Crippen LogP contribution in [-0.2, 0) is 14.4 Å². The third-order valence-electron chi connectivity index (χ3n) is 7.71. The lowest BCUT2D eigenvalue weighted by molar-refractivity contribution is -0.146. The zero-order valence-electron chi connectivity index (χ0n) is 13.8. The first kappa shape index (κ1) is 13.9. The van der Waals surface area contributed by atoms with Gasteiger partial charge in [0.1, 0.15) is 5.78 Å². The normalized spacial score (nSPS) is 48.0. The zero-order chi connectivity index (χ0) is 16.1. The van der Waals surface area contributed by atoms with E-state index in [0.29, 0.717) is 6.42 Å². The molecule has 1 amide bonds. The van der Waals surface area contributed by atoms with Crippen LogP contribution >= 0.6 is 0 Å². The van der Waals surface area contributed by atoms with E-state index in [2.05, 4.69) is 18.7 Å². The van der Waals surface area contributed by atoms with Gasteiger partial charge in [-0.1, -0.05) is 19.4 Å². The van der Waals surface area contributed by atoms with Crippen LogP contribution in [0.4, 0.5) is 0 Å². The van der Waals surface area contributed by atoms with E-state index >= 15 is 0 Å². The second kappa shape index (κ2) is 4.14. The van der Waals surface area contributed by atoms with Crippen molar-refractivity contribution in [2.24, 2.45) is 29.1 Å². The van der Waals surface area contributed by atoms with Gasteiger partial charge in [0.2, 0.25) is 5.91 Å². The van der Waals surface area contributed by atoms with Gasteiger partial charge in [-0.2, -0.15) is 0 Å². The molecule has 6 atom stereocenters. The molecule has 0 aromatic rings. The first-order valence-electron chi connectivity index (χ1n) is 9.04. The summed E-state index contributed by atoms with van der Waals surface area (Å²) < 4.78 is 0. The summed E-state index contributed by atoms with van der Waals surface area (Å²) in [7, 11) is 0. The predicted octanol–water partition coefficient (Wildman–Crippen LogP) is 2.13. The minimum Gasteiger partial charge on any atom is -0.339 e. The molecule has 122 valence electrons. The highest BCUT2D eigenvalue weighted by Crippen LogP contribution is 2.62. The maximum absolute atomic E-state index is 13.4. The largest absolute Gasteiger partial charge is 0.339 e. The number of fused-ring (bicyclic) bond motifs is 2. The summed E-state index contributed by atoms with van der Waals surface area (Å²) in [5, 5.41) is 0. The van der Waals surface area contributed by atoms with Crippen molar-refractivity contribution in [2.45, 2.75) is 52.0 Å². The Balaban J connectivity index is 1.76. The summed E-state index contributed by atoms with van der Waals surface area (Å²) >= 11 is 0. The smallest absolute Gasteiger partial charge is 0.226 e. The van der Waals surface area contributed by atoms with Crippen molar-refractivity contribution in [1.29, 1.82) is 0 Å². The molecule has 4 heteroatoms. The molecule has 23 heavy (non-hydrogen) atoms. The number of rotatable bonds is 0. The zero-order valence-corrected chi connectivity index (χ0v) is 13.8. The molecule has 0 spiro atoms. The quantitative estimate of drug-likeness (QED) is 0.688. The van der Waals surface area contributed by atoms with Crippen LogP contribution in [0, 0.1) is 29.1 Å². The van der Waals surface area contributed by atoms with Gasteiger partial charge in [0.15, 0.2) is 5.78 Å². The first-order chi connectivity index (χ1) is 10.9. The van der Waals surface area contributed by atoms with Crippen LogP contribution in [0.2, 0.25) is 0 Å². The van der Waals surface area contributed by atoms with Gasteiger partial charge in [-0.3, -0.25) is 14.4 Å². The molecule has 0 aromatic heterocycles. The molecular formula is C19H23NO3. The molecule has 2 unspecified atom stereocenters. The van der Waals surface area contributed by atoms with E-state index in [1.165, 1.54) is 5.57 Å². The monoisotopic (exact) mass is 313 g/mol. The highest BCUT2D eigenvalue weighted by atomic mass is 16.2. The van der Waals surface area contributed by atoms with Crippen molar-refractivity contribution in [3.8, 4) is 0 Å². The third-order valence-corrected chi connectivity index (χ3v) is 7.71. The lowest BCUT2D eigenvalue weighted by Gasteiger charge is -2.52. The average Bonchev–Trinajstić information content (AvgIpc) is 2.91. The molecular weight excluding hydrogens is 290 g/mol. The van der Waals surface area contributed by atoms with Crippen molar-refractivity contribution in [1.82, 2.24) is 4.90 Å². The number of piperidine rings is 1. The summed E-state index contributed by atoms with van der Waals surface area (Å²) in [5.74, 6) is 0.538. The average molecular weight is 313 g/mol. The standard InChI is InChI=1S/C19H23NO3/c1-9-8-20-14-7-11(9)17(22)16-15-10(4-6-13(15)21)3-5-12(18(20)23)19(14,16)2/h9,11-12,14,16H,3-8H2,1-2H3/t9-,11?,12-,14?,16+,19-/m1/s1. The van der Waals surface area contributed by atoms with Gasteiger partial charge >= 0.3 is 0 Å². The van der Waals surface area contributed by atoms with Crippen molar-refractivity contribution >= 4 is 17.5 Å². The van der Waals surface area contributed by atoms with Crippen LogP contribution in [0.1, 0.15) is 46.0 Å². The number of Topliss-reactive ketones (excluding diaryl/α,β-unsaturated/α-hetero) is 2. The first-order valence-corrected chi connectivity index (χ1v) is 9.04. The van der Waals surface area contributed by atoms with Crippen molar-refractivity contribution in [3.63, 3.8) is 0 Å². The summed E-state index contributed by atoms with van der Waals surface area (Å²) in [5.41, 5.74) is 1.66. The number of amides is 1. The van der Waals surface area contributed by atoms with Crippen LogP contribution in [0.3, 0.4) is 0 Å². The van der Waals surface area contributed by atoms with Gasteiger partial charge in [0.25, 0.3) is 0 Å². The van der Waals surface area contributed by atoms with Crippen molar-refractivity contribution in [2.75, 3.05) is 6.54 Å². The fourth-order valence-corrected chi connectivity index (χ4v) is 6.57. The molecule has 3 fully saturated rings. The molecule has 0 radical (unpaired) electrons. The Bertz CT molecular complexity index is 693. The molecule has 2 heterocycles. The Kier molecular flexibility index (Phi) is 2.51. The summed E-state index contributed by atoms with van der Waals surface area (Å²) in [6.45, 7) is 4.95. The second-order valence-electron chi connectivity index (χ2n) is 8.56. The van der Waals surface area contributed by atoms with Crippen molar-refractivity contribution < 1.29 is 14.4 Å².